The number of rotatable bonds is 5. The summed E-state index contributed by atoms with van der Waals surface area (Å²) in [5.74, 6) is 2.27. The molecular formula is C56H50N2O. The fourth-order valence-electron chi connectivity index (χ4n) is 11.6. The molecule has 0 amide bonds. The Kier molecular flexibility index (Phi) is 7.53. The van der Waals surface area contributed by atoms with Gasteiger partial charge in [-0.15, -0.1) is 0 Å². The summed E-state index contributed by atoms with van der Waals surface area (Å²) < 4.78 is 9.22. The number of allylic oxidation sites excluding steroid dienone is 5. The van der Waals surface area contributed by atoms with Gasteiger partial charge in [-0.1, -0.05) is 105 Å². The number of benzene rings is 4. The van der Waals surface area contributed by atoms with Crippen molar-refractivity contribution in [3.05, 3.63) is 189 Å². The Morgan fingerprint density at radius 3 is 2.34 bits per heavy atom. The highest BCUT2D eigenvalue weighted by Crippen LogP contribution is 2.56. The van der Waals surface area contributed by atoms with Crippen molar-refractivity contribution in [3.63, 3.8) is 0 Å². The first kappa shape index (κ1) is 34.9. The molecule has 0 aliphatic heterocycles. The van der Waals surface area contributed by atoms with Gasteiger partial charge in [0.25, 0.3) is 0 Å². The standard InChI is InChI=1S/C56H50N2O/c1-55(2)47-19-11-8-16-41(47)42-29-27-39(33-48(42)55)57(40-28-30-44-49(34-40)56(3,4)54-53(44)45-18-10-13-21-52(45)59-54)38-25-22-35(23-26-38)36-24-31-51-46(32-36)43-17-9-12-20-50(43)58(51)37-14-6-5-7-15-37/h5-8,10-12,14-16,18-20,22-23,25-26,28-30,32-34,39H,9,13,17,21,24,27,31H2,1-4H3. The van der Waals surface area contributed by atoms with Gasteiger partial charge in [0.05, 0.1) is 6.04 Å². The highest BCUT2D eigenvalue weighted by Gasteiger charge is 2.44. The summed E-state index contributed by atoms with van der Waals surface area (Å²) in [5.41, 5.74) is 22.9. The topological polar surface area (TPSA) is 21.3 Å². The van der Waals surface area contributed by atoms with E-state index in [1.807, 2.05) is 0 Å². The molecule has 0 bridgehead atoms. The maximum atomic E-state index is 6.70. The minimum Gasteiger partial charge on any atom is -0.464 e. The van der Waals surface area contributed by atoms with Crippen molar-refractivity contribution in [2.24, 2.45) is 0 Å². The van der Waals surface area contributed by atoms with E-state index in [0.717, 1.165) is 56.5 Å². The first-order valence-electron chi connectivity index (χ1n) is 21.9. The Morgan fingerprint density at radius 1 is 0.695 bits per heavy atom. The molecule has 0 radical (unpaired) electrons. The summed E-state index contributed by atoms with van der Waals surface area (Å²) in [6, 6.07) is 36.9. The van der Waals surface area contributed by atoms with Gasteiger partial charge in [0, 0.05) is 56.8 Å². The lowest BCUT2D eigenvalue weighted by atomic mass is 9.79. The van der Waals surface area contributed by atoms with Crippen molar-refractivity contribution in [1.29, 1.82) is 0 Å². The van der Waals surface area contributed by atoms with E-state index in [4.69, 9.17) is 4.42 Å². The number of hydrogen-bond acceptors (Lipinski definition) is 2. The molecule has 3 nitrogen and oxygen atoms in total. The first-order chi connectivity index (χ1) is 28.8. The van der Waals surface area contributed by atoms with Crippen LogP contribution in [0, 0.1) is 0 Å². The van der Waals surface area contributed by atoms with E-state index in [-0.39, 0.29) is 16.9 Å². The van der Waals surface area contributed by atoms with Gasteiger partial charge in [0.15, 0.2) is 0 Å². The van der Waals surface area contributed by atoms with Crippen molar-refractivity contribution in [3.8, 4) is 16.8 Å². The maximum Gasteiger partial charge on any atom is 0.122 e. The van der Waals surface area contributed by atoms with E-state index in [1.54, 1.807) is 0 Å². The molecular weight excluding hydrogens is 717 g/mol. The van der Waals surface area contributed by atoms with Crippen molar-refractivity contribution >= 4 is 40.7 Å². The summed E-state index contributed by atoms with van der Waals surface area (Å²) in [6.07, 6.45) is 24.1. The average Bonchev–Trinajstić information content (AvgIpc) is 3.96. The maximum absolute atomic E-state index is 6.70. The third-order valence-corrected chi connectivity index (χ3v) is 14.5. The molecule has 0 N–H and O–H groups in total. The van der Waals surface area contributed by atoms with Crippen LogP contribution in [0.4, 0.5) is 11.4 Å². The molecule has 3 heteroatoms. The largest absolute Gasteiger partial charge is 0.464 e. The van der Waals surface area contributed by atoms with Crippen LogP contribution in [-0.4, -0.2) is 10.6 Å². The summed E-state index contributed by atoms with van der Waals surface area (Å²) in [6.45, 7) is 9.50. The Morgan fingerprint density at radius 2 is 1.47 bits per heavy atom. The molecule has 0 saturated heterocycles. The van der Waals surface area contributed by atoms with Crippen molar-refractivity contribution in [1.82, 2.24) is 4.57 Å². The molecule has 6 aliphatic carbocycles. The van der Waals surface area contributed by atoms with Crippen molar-refractivity contribution < 1.29 is 4.42 Å². The van der Waals surface area contributed by atoms with Crippen LogP contribution in [0.1, 0.15) is 115 Å². The molecule has 2 aromatic heterocycles. The molecule has 4 aromatic carbocycles. The minimum atomic E-state index is -0.227. The highest BCUT2D eigenvalue weighted by molar-refractivity contribution is 5.93. The van der Waals surface area contributed by atoms with Crippen molar-refractivity contribution in [2.75, 3.05) is 4.90 Å². The Balaban J connectivity index is 0.955. The molecule has 59 heavy (non-hydrogen) atoms. The van der Waals surface area contributed by atoms with E-state index in [0.29, 0.717) is 0 Å². The van der Waals surface area contributed by atoms with Gasteiger partial charge in [-0.2, -0.15) is 0 Å². The number of aromatic nitrogens is 1. The molecule has 6 aromatic rings. The zero-order chi connectivity index (χ0) is 39.6. The van der Waals surface area contributed by atoms with Gasteiger partial charge in [-0.3, -0.25) is 0 Å². The first-order valence-corrected chi connectivity index (χ1v) is 21.9. The fraction of sp³-hybridized carbons (Fsp3) is 0.250. The predicted molar refractivity (Wildman–Crippen MR) is 245 cm³/mol. The summed E-state index contributed by atoms with van der Waals surface area (Å²) >= 11 is 0. The van der Waals surface area contributed by atoms with Crippen LogP contribution in [0.3, 0.4) is 0 Å². The second-order valence-electron chi connectivity index (χ2n) is 18.5. The zero-order valence-electron chi connectivity index (χ0n) is 34.6. The van der Waals surface area contributed by atoms with Gasteiger partial charge >= 0.3 is 0 Å². The summed E-state index contributed by atoms with van der Waals surface area (Å²) in [7, 11) is 0. The van der Waals surface area contributed by atoms with Crippen LogP contribution in [0.5, 0.6) is 0 Å². The van der Waals surface area contributed by atoms with Gasteiger partial charge in [-0.25, -0.2) is 0 Å². The van der Waals surface area contributed by atoms with Gasteiger partial charge in [0.2, 0.25) is 0 Å². The van der Waals surface area contributed by atoms with Crippen LogP contribution in [0.15, 0.2) is 131 Å². The van der Waals surface area contributed by atoms with E-state index in [2.05, 4.69) is 177 Å². The number of fused-ring (bicyclic) bond motifs is 11. The second-order valence-corrected chi connectivity index (χ2v) is 18.5. The van der Waals surface area contributed by atoms with Crippen LogP contribution in [-0.2, 0) is 30.1 Å². The summed E-state index contributed by atoms with van der Waals surface area (Å²) in [4.78, 5) is 2.62. The van der Waals surface area contributed by atoms with Crippen LogP contribution >= 0.6 is 0 Å². The number of aryl methyl sites for hydroxylation is 1. The molecule has 0 fully saturated rings. The number of anilines is 2. The SMILES string of the molecule is CC1(C)C2=CC(N(c3ccc(C4=Cc5c6c(n(-c7ccccc7)c5CC4)C=CCC6)cc3)c3ccc4c(c3)C(C)(C)c3oc5c(c3-4)C=CCC5)CC=C2c2ccccc21. The molecule has 6 aliphatic rings. The summed E-state index contributed by atoms with van der Waals surface area (Å²) in [5, 5.41) is 0. The predicted octanol–water partition coefficient (Wildman–Crippen LogP) is 14.0. The van der Waals surface area contributed by atoms with Gasteiger partial charge < -0.3 is 13.9 Å². The molecule has 0 spiro atoms. The molecule has 0 saturated carbocycles. The van der Waals surface area contributed by atoms with Crippen LogP contribution < -0.4 is 4.90 Å². The zero-order valence-corrected chi connectivity index (χ0v) is 34.6. The Hall–Kier alpha value is -6.06. The second kappa shape index (κ2) is 12.7. The quantitative estimate of drug-likeness (QED) is 0.174. The van der Waals surface area contributed by atoms with Crippen molar-refractivity contribution in [2.45, 2.75) is 89.5 Å². The third-order valence-electron chi connectivity index (χ3n) is 14.5. The number of furan rings is 1. The lowest BCUT2D eigenvalue weighted by Crippen LogP contribution is -2.32. The average molecular weight is 767 g/mol. The van der Waals surface area contributed by atoms with E-state index < -0.39 is 0 Å². The minimum absolute atomic E-state index is 0.0572. The third kappa shape index (κ3) is 5.06. The molecule has 1 unspecified atom stereocenters. The molecule has 290 valence electrons. The highest BCUT2D eigenvalue weighted by atomic mass is 16.3. The molecule has 2 heterocycles. The molecule has 1 atom stereocenters. The normalized spacial score (nSPS) is 19.7. The lowest BCUT2D eigenvalue weighted by Gasteiger charge is -2.36. The van der Waals surface area contributed by atoms with Crippen LogP contribution in [0.2, 0.25) is 0 Å². The number of para-hydroxylation sites is 1. The fourth-order valence-corrected chi connectivity index (χ4v) is 11.6. The lowest BCUT2D eigenvalue weighted by molar-refractivity contribution is 0.409. The Labute approximate surface area is 348 Å². The van der Waals surface area contributed by atoms with E-state index >= 15 is 0 Å². The number of nitrogens with zero attached hydrogens (tertiary/aromatic N) is 2. The van der Waals surface area contributed by atoms with Gasteiger partial charge in [-0.05, 0) is 157 Å². The smallest absolute Gasteiger partial charge is 0.122 e. The van der Waals surface area contributed by atoms with Gasteiger partial charge in [0.1, 0.15) is 11.5 Å². The number of hydrogen-bond donors (Lipinski definition) is 0. The van der Waals surface area contributed by atoms with E-state index in [9.17, 15) is 0 Å². The monoisotopic (exact) mass is 766 g/mol. The molecule has 12 rings (SSSR count). The van der Waals surface area contributed by atoms with E-state index in [1.165, 1.54) is 95.2 Å². The van der Waals surface area contributed by atoms with Crippen LogP contribution in [0.25, 0.3) is 46.2 Å². The Bertz CT molecular complexity index is 2900.